The Morgan fingerprint density at radius 2 is 2.00 bits per heavy atom. The lowest BCUT2D eigenvalue weighted by Gasteiger charge is -2.16. The SMILES string of the molecule is Cc1cccc(C(=O)N(C)Cc2nc3ccccc3s2)c1[N+](=O)[O-]. The Kier molecular flexibility index (Phi) is 4.26. The lowest BCUT2D eigenvalue weighted by Crippen LogP contribution is -2.27. The van der Waals surface area contributed by atoms with Gasteiger partial charge in [-0.15, -0.1) is 11.3 Å². The maximum absolute atomic E-state index is 12.6. The molecule has 0 aliphatic rings. The highest BCUT2D eigenvalue weighted by molar-refractivity contribution is 7.18. The summed E-state index contributed by atoms with van der Waals surface area (Å²) in [6.07, 6.45) is 0. The average Bonchev–Trinajstić information content (AvgIpc) is 2.95. The number of nitrogens with zero attached hydrogens (tertiary/aromatic N) is 3. The summed E-state index contributed by atoms with van der Waals surface area (Å²) in [7, 11) is 1.63. The normalized spacial score (nSPS) is 10.8. The van der Waals surface area contributed by atoms with Crippen LogP contribution in [0.5, 0.6) is 0 Å². The van der Waals surface area contributed by atoms with Crippen molar-refractivity contribution in [3.05, 3.63) is 68.7 Å². The summed E-state index contributed by atoms with van der Waals surface area (Å²) in [5.41, 5.74) is 1.32. The summed E-state index contributed by atoms with van der Waals surface area (Å²) in [6, 6.07) is 12.5. The molecule has 3 aromatic rings. The molecule has 0 unspecified atom stereocenters. The minimum absolute atomic E-state index is 0.101. The molecule has 0 aliphatic carbocycles. The van der Waals surface area contributed by atoms with E-state index in [0.717, 1.165) is 15.2 Å². The molecule has 2 aromatic carbocycles. The molecule has 0 aliphatic heterocycles. The summed E-state index contributed by atoms with van der Waals surface area (Å²) in [5.74, 6) is -0.385. The molecule has 0 saturated carbocycles. The fourth-order valence-corrected chi connectivity index (χ4v) is 3.56. The number of amides is 1. The number of para-hydroxylation sites is 2. The first kappa shape index (κ1) is 16.1. The number of nitro benzene ring substituents is 1. The Morgan fingerprint density at radius 3 is 2.71 bits per heavy atom. The fourth-order valence-electron chi connectivity index (χ4n) is 2.54. The standard InChI is InChI=1S/C17H15N3O3S/c1-11-6-5-7-12(16(11)20(22)23)17(21)19(2)10-15-18-13-8-3-4-9-14(13)24-15/h3-9H,10H2,1-2H3. The number of aryl methyl sites for hydroxylation is 1. The van der Waals surface area contributed by atoms with Gasteiger partial charge in [-0.1, -0.05) is 24.3 Å². The zero-order valence-electron chi connectivity index (χ0n) is 13.2. The van der Waals surface area contributed by atoms with Crippen molar-refractivity contribution in [2.24, 2.45) is 0 Å². The number of aromatic nitrogens is 1. The van der Waals surface area contributed by atoms with Crippen molar-refractivity contribution >= 4 is 33.1 Å². The molecule has 3 rings (SSSR count). The Labute approximate surface area is 142 Å². The second-order valence-corrected chi connectivity index (χ2v) is 6.58. The van der Waals surface area contributed by atoms with Crippen LogP contribution in [0.3, 0.4) is 0 Å². The van der Waals surface area contributed by atoms with Crippen LogP contribution in [0, 0.1) is 17.0 Å². The molecule has 0 spiro atoms. The van der Waals surface area contributed by atoms with Gasteiger partial charge >= 0.3 is 0 Å². The molecule has 0 saturated heterocycles. The zero-order valence-corrected chi connectivity index (χ0v) is 14.0. The summed E-state index contributed by atoms with van der Waals surface area (Å²) >= 11 is 1.51. The smallest absolute Gasteiger partial charge is 0.285 e. The van der Waals surface area contributed by atoms with Crippen molar-refractivity contribution in [2.75, 3.05) is 7.05 Å². The van der Waals surface area contributed by atoms with Crippen molar-refractivity contribution in [3.63, 3.8) is 0 Å². The van der Waals surface area contributed by atoms with Crippen LogP contribution in [0.15, 0.2) is 42.5 Å². The predicted octanol–water partition coefficient (Wildman–Crippen LogP) is 3.79. The van der Waals surface area contributed by atoms with Gasteiger partial charge in [-0.2, -0.15) is 0 Å². The van der Waals surface area contributed by atoms with Crippen molar-refractivity contribution in [1.82, 2.24) is 9.88 Å². The molecule has 122 valence electrons. The lowest BCUT2D eigenvalue weighted by atomic mass is 10.1. The topological polar surface area (TPSA) is 76.3 Å². The van der Waals surface area contributed by atoms with E-state index in [9.17, 15) is 14.9 Å². The third-order valence-corrected chi connectivity index (χ3v) is 4.73. The molecule has 7 heteroatoms. The lowest BCUT2D eigenvalue weighted by molar-refractivity contribution is -0.385. The maximum atomic E-state index is 12.6. The van der Waals surface area contributed by atoms with E-state index in [-0.39, 0.29) is 17.2 Å². The first-order valence-corrected chi connectivity index (χ1v) is 8.13. The number of nitro groups is 1. The molecule has 24 heavy (non-hydrogen) atoms. The number of fused-ring (bicyclic) bond motifs is 1. The van der Waals surface area contributed by atoms with E-state index in [1.54, 1.807) is 26.1 Å². The van der Waals surface area contributed by atoms with Gasteiger partial charge in [0.15, 0.2) is 0 Å². The molecule has 0 radical (unpaired) electrons. The van der Waals surface area contributed by atoms with Gasteiger partial charge in [0.25, 0.3) is 11.6 Å². The summed E-state index contributed by atoms with van der Waals surface area (Å²) < 4.78 is 1.05. The van der Waals surface area contributed by atoms with Crippen LogP contribution >= 0.6 is 11.3 Å². The summed E-state index contributed by atoms with van der Waals surface area (Å²) in [5, 5.41) is 12.1. The van der Waals surface area contributed by atoms with E-state index in [1.165, 1.54) is 22.3 Å². The molecule has 1 heterocycles. The van der Waals surface area contributed by atoms with Crippen LogP contribution in [0.2, 0.25) is 0 Å². The van der Waals surface area contributed by atoms with Gasteiger partial charge in [-0.25, -0.2) is 4.98 Å². The minimum Gasteiger partial charge on any atom is -0.335 e. The molecular formula is C17H15N3O3S. The maximum Gasteiger partial charge on any atom is 0.285 e. The van der Waals surface area contributed by atoms with Crippen molar-refractivity contribution < 1.29 is 9.72 Å². The first-order valence-electron chi connectivity index (χ1n) is 7.31. The van der Waals surface area contributed by atoms with Crippen molar-refractivity contribution in [2.45, 2.75) is 13.5 Å². The highest BCUT2D eigenvalue weighted by atomic mass is 32.1. The number of hydrogen-bond acceptors (Lipinski definition) is 5. The monoisotopic (exact) mass is 341 g/mol. The van der Waals surface area contributed by atoms with Gasteiger partial charge in [-0.05, 0) is 25.1 Å². The second kappa shape index (κ2) is 6.37. The number of thiazole rings is 1. The molecule has 1 amide bonds. The van der Waals surface area contributed by atoms with E-state index in [4.69, 9.17) is 0 Å². The van der Waals surface area contributed by atoms with Gasteiger partial charge in [0.1, 0.15) is 10.6 Å². The molecule has 6 nitrogen and oxygen atoms in total. The number of benzene rings is 2. The van der Waals surface area contributed by atoms with E-state index >= 15 is 0 Å². The predicted molar refractivity (Wildman–Crippen MR) is 93.3 cm³/mol. The number of carbonyl (C=O) groups is 1. The fraction of sp³-hybridized carbons (Fsp3) is 0.176. The van der Waals surface area contributed by atoms with Gasteiger partial charge in [0.05, 0.1) is 21.7 Å². The quantitative estimate of drug-likeness (QED) is 0.534. The molecule has 0 N–H and O–H groups in total. The van der Waals surface area contributed by atoms with Crippen LogP contribution in [-0.4, -0.2) is 27.8 Å². The van der Waals surface area contributed by atoms with Gasteiger partial charge < -0.3 is 4.90 Å². The number of carbonyl (C=O) groups excluding carboxylic acids is 1. The van der Waals surface area contributed by atoms with Crippen LogP contribution in [0.25, 0.3) is 10.2 Å². The molecule has 0 bridgehead atoms. The highest BCUT2D eigenvalue weighted by Crippen LogP contribution is 2.26. The number of rotatable bonds is 4. The average molecular weight is 341 g/mol. The second-order valence-electron chi connectivity index (χ2n) is 5.46. The Hall–Kier alpha value is -2.80. The van der Waals surface area contributed by atoms with Crippen LogP contribution in [0.4, 0.5) is 5.69 Å². The van der Waals surface area contributed by atoms with E-state index in [0.29, 0.717) is 12.1 Å². The Morgan fingerprint density at radius 1 is 1.25 bits per heavy atom. The van der Waals surface area contributed by atoms with Crippen molar-refractivity contribution in [1.29, 1.82) is 0 Å². The van der Waals surface area contributed by atoms with Gasteiger partial charge in [0.2, 0.25) is 0 Å². The zero-order chi connectivity index (χ0) is 17.3. The van der Waals surface area contributed by atoms with Crippen molar-refractivity contribution in [3.8, 4) is 0 Å². The van der Waals surface area contributed by atoms with E-state index in [2.05, 4.69) is 4.98 Å². The summed E-state index contributed by atoms with van der Waals surface area (Å²) in [4.78, 5) is 29.4. The highest BCUT2D eigenvalue weighted by Gasteiger charge is 2.25. The van der Waals surface area contributed by atoms with Crippen LogP contribution in [0.1, 0.15) is 20.9 Å². The molecular weight excluding hydrogens is 326 g/mol. The first-order chi connectivity index (χ1) is 11.5. The Bertz CT molecular complexity index is 903. The third kappa shape index (κ3) is 2.98. The third-order valence-electron chi connectivity index (χ3n) is 3.71. The van der Waals surface area contributed by atoms with E-state index in [1.807, 2.05) is 24.3 Å². The number of hydrogen-bond donors (Lipinski definition) is 0. The largest absolute Gasteiger partial charge is 0.335 e. The molecule has 0 fully saturated rings. The van der Waals surface area contributed by atoms with E-state index < -0.39 is 4.92 Å². The molecule has 0 atom stereocenters. The molecule has 1 aromatic heterocycles. The van der Waals surface area contributed by atoms with Gasteiger partial charge in [-0.3, -0.25) is 14.9 Å². The van der Waals surface area contributed by atoms with Crippen LogP contribution in [-0.2, 0) is 6.54 Å². The van der Waals surface area contributed by atoms with Crippen LogP contribution < -0.4 is 0 Å². The Balaban J connectivity index is 1.87. The summed E-state index contributed by atoms with van der Waals surface area (Å²) in [6.45, 7) is 1.94. The van der Waals surface area contributed by atoms with Gasteiger partial charge in [0, 0.05) is 12.6 Å². The minimum atomic E-state index is -0.506.